The van der Waals surface area contributed by atoms with E-state index in [2.05, 4.69) is 11.1 Å². The Hall–Kier alpha value is -2.80. The molecule has 3 rings (SSSR count). The molecule has 3 aromatic rings. The van der Waals surface area contributed by atoms with E-state index in [1.807, 2.05) is 41.8 Å². The van der Waals surface area contributed by atoms with Gasteiger partial charge in [0.25, 0.3) is 0 Å². The lowest BCUT2D eigenvalue weighted by Gasteiger charge is -2.08. The maximum Gasteiger partial charge on any atom is 0.205 e. The molecule has 4 heteroatoms. The number of rotatable bonds is 1. The van der Waals surface area contributed by atoms with Gasteiger partial charge >= 0.3 is 0 Å². The first-order valence-electron chi connectivity index (χ1n) is 5.95. The highest BCUT2D eigenvalue weighted by Gasteiger charge is 2.11. The molecule has 0 radical (unpaired) electrons. The molecule has 19 heavy (non-hydrogen) atoms. The maximum absolute atomic E-state index is 8.84. The van der Waals surface area contributed by atoms with Crippen LogP contribution in [0.15, 0.2) is 42.5 Å². The van der Waals surface area contributed by atoms with Crippen molar-refractivity contribution in [1.29, 1.82) is 5.26 Å². The van der Waals surface area contributed by atoms with Crippen LogP contribution in [-0.2, 0) is 0 Å². The van der Waals surface area contributed by atoms with Gasteiger partial charge in [0, 0.05) is 5.69 Å². The minimum Gasteiger partial charge on any atom is -0.369 e. The fraction of sp³-hybridized carbons (Fsp3) is 0.0667. The first-order valence-corrected chi connectivity index (χ1v) is 5.95. The summed E-state index contributed by atoms with van der Waals surface area (Å²) < 4.78 is 1.91. The highest BCUT2D eigenvalue weighted by Crippen LogP contribution is 2.25. The van der Waals surface area contributed by atoms with Gasteiger partial charge in [0.1, 0.15) is 0 Å². The van der Waals surface area contributed by atoms with Crippen molar-refractivity contribution in [3.8, 4) is 11.8 Å². The van der Waals surface area contributed by atoms with Crippen LogP contribution in [0.1, 0.15) is 11.1 Å². The van der Waals surface area contributed by atoms with Crippen LogP contribution in [0, 0.1) is 18.3 Å². The Morgan fingerprint density at radius 1 is 1.16 bits per heavy atom. The highest BCUT2D eigenvalue weighted by atomic mass is 15.2. The Balaban J connectivity index is 2.29. The molecule has 0 fully saturated rings. The summed E-state index contributed by atoms with van der Waals surface area (Å²) in [6.45, 7) is 2.03. The number of nitrogen functional groups attached to an aromatic ring is 1. The normalized spacial score (nSPS) is 10.5. The van der Waals surface area contributed by atoms with Crippen molar-refractivity contribution in [2.45, 2.75) is 6.92 Å². The van der Waals surface area contributed by atoms with Crippen molar-refractivity contribution in [2.75, 3.05) is 5.73 Å². The van der Waals surface area contributed by atoms with Crippen LogP contribution in [-0.4, -0.2) is 9.55 Å². The van der Waals surface area contributed by atoms with E-state index < -0.39 is 0 Å². The van der Waals surface area contributed by atoms with Gasteiger partial charge in [-0.15, -0.1) is 0 Å². The fourth-order valence-corrected chi connectivity index (χ4v) is 2.26. The number of hydrogen-bond donors (Lipinski definition) is 1. The van der Waals surface area contributed by atoms with E-state index in [1.165, 1.54) is 0 Å². The lowest BCUT2D eigenvalue weighted by atomic mass is 10.2. The largest absolute Gasteiger partial charge is 0.369 e. The smallest absolute Gasteiger partial charge is 0.205 e. The average Bonchev–Trinajstić information content (AvgIpc) is 2.76. The number of nitriles is 1. The maximum atomic E-state index is 8.84. The number of hydrogen-bond acceptors (Lipinski definition) is 3. The van der Waals surface area contributed by atoms with Gasteiger partial charge in [0.15, 0.2) is 0 Å². The molecule has 0 unspecified atom stereocenters. The Morgan fingerprint density at radius 2 is 1.89 bits per heavy atom. The summed E-state index contributed by atoms with van der Waals surface area (Å²) in [6, 6.07) is 15.4. The van der Waals surface area contributed by atoms with Crippen LogP contribution in [0.4, 0.5) is 5.95 Å². The number of aromatic nitrogens is 2. The van der Waals surface area contributed by atoms with Crippen molar-refractivity contribution in [3.63, 3.8) is 0 Å². The van der Waals surface area contributed by atoms with E-state index in [1.54, 1.807) is 12.1 Å². The van der Waals surface area contributed by atoms with Gasteiger partial charge in [0.05, 0.1) is 22.7 Å². The first kappa shape index (κ1) is 11.3. The van der Waals surface area contributed by atoms with Gasteiger partial charge in [-0.3, -0.25) is 4.57 Å². The molecule has 0 atom stereocenters. The van der Waals surface area contributed by atoms with Gasteiger partial charge in [-0.1, -0.05) is 12.1 Å². The molecular weight excluding hydrogens is 236 g/mol. The Morgan fingerprint density at radius 3 is 2.58 bits per heavy atom. The van der Waals surface area contributed by atoms with Crippen LogP contribution in [0.5, 0.6) is 0 Å². The van der Waals surface area contributed by atoms with Gasteiger partial charge < -0.3 is 5.73 Å². The van der Waals surface area contributed by atoms with Crippen LogP contribution >= 0.6 is 0 Å². The summed E-state index contributed by atoms with van der Waals surface area (Å²) in [5.74, 6) is 0.453. The third kappa shape index (κ3) is 1.72. The molecule has 0 aliphatic rings. The predicted octanol–water partition coefficient (Wildman–Crippen LogP) is 2.79. The first-order chi connectivity index (χ1) is 9.20. The topological polar surface area (TPSA) is 67.6 Å². The molecule has 0 amide bonds. The molecule has 0 saturated carbocycles. The number of para-hydroxylation sites is 1. The van der Waals surface area contributed by atoms with Crippen molar-refractivity contribution in [2.24, 2.45) is 0 Å². The molecule has 0 aliphatic carbocycles. The summed E-state index contributed by atoms with van der Waals surface area (Å²) in [4.78, 5) is 4.37. The molecule has 92 valence electrons. The summed E-state index contributed by atoms with van der Waals surface area (Å²) >= 11 is 0. The molecule has 0 bridgehead atoms. The number of imidazole rings is 1. The van der Waals surface area contributed by atoms with E-state index in [0.29, 0.717) is 11.5 Å². The second-order valence-corrected chi connectivity index (χ2v) is 4.41. The number of nitrogens with two attached hydrogens (primary N) is 1. The predicted molar refractivity (Wildman–Crippen MR) is 74.9 cm³/mol. The van der Waals surface area contributed by atoms with Crippen LogP contribution in [0.3, 0.4) is 0 Å². The third-order valence-corrected chi connectivity index (χ3v) is 3.16. The van der Waals surface area contributed by atoms with Crippen molar-refractivity contribution < 1.29 is 0 Å². The van der Waals surface area contributed by atoms with E-state index in [4.69, 9.17) is 11.0 Å². The molecule has 4 nitrogen and oxygen atoms in total. The van der Waals surface area contributed by atoms with E-state index >= 15 is 0 Å². The standard InChI is InChI=1S/C15H12N4/c1-10-3-2-4-13-14(10)19(15(17)18-13)12-7-5-11(9-16)6-8-12/h2-8H,1H3,(H2,17,18). The summed E-state index contributed by atoms with van der Waals surface area (Å²) in [5, 5.41) is 8.84. The Kier molecular flexibility index (Phi) is 2.46. The highest BCUT2D eigenvalue weighted by molar-refractivity contribution is 5.83. The van der Waals surface area contributed by atoms with E-state index in [0.717, 1.165) is 22.3 Å². The summed E-state index contributed by atoms with van der Waals surface area (Å²) in [5.41, 5.74) is 10.5. The zero-order valence-electron chi connectivity index (χ0n) is 10.5. The van der Waals surface area contributed by atoms with Gasteiger partial charge in [0.2, 0.25) is 5.95 Å². The quantitative estimate of drug-likeness (QED) is 0.720. The molecule has 0 saturated heterocycles. The summed E-state index contributed by atoms with van der Waals surface area (Å²) in [6.07, 6.45) is 0. The second kappa shape index (κ2) is 4.14. The summed E-state index contributed by atoms with van der Waals surface area (Å²) in [7, 11) is 0. The number of fused-ring (bicyclic) bond motifs is 1. The van der Waals surface area contributed by atoms with Crippen LogP contribution in [0.25, 0.3) is 16.7 Å². The number of anilines is 1. The van der Waals surface area contributed by atoms with E-state index in [9.17, 15) is 0 Å². The van der Waals surface area contributed by atoms with Gasteiger partial charge in [-0.05, 0) is 42.8 Å². The van der Waals surface area contributed by atoms with Crippen molar-refractivity contribution in [1.82, 2.24) is 9.55 Å². The minimum absolute atomic E-state index is 0.453. The van der Waals surface area contributed by atoms with Crippen molar-refractivity contribution in [3.05, 3.63) is 53.6 Å². The lowest BCUT2D eigenvalue weighted by Crippen LogP contribution is -2.01. The molecule has 0 aliphatic heterocycles. The third-order valence-electron chi connectivity index (χ3n) is 3.16. The van der Waals surface area contributed by atoms with Gasteiger partial charge in [-0.2, -0.15) is 5.26 Å². The molecule has 0 spiro atoms. The fourth-order valence-electron chi connectivity index (χ4n) is 2.26. The van der Waals surface area contributed by atoms with Gasteiger partial charge in [-0.25, -0.2) is 4.98 Å². The van der Waals surface area contributed by atoms with Crippen LogP contribution < -0.4 is 5.73 Å². The number of benzene rings is 2. The Labute approximate surface area is 110 Å². The molecule has 1 heterocycles. The minimum atomic E-state index is 0.453. The monoisotopic (exact) mass is 248 g/mol. The number of aryl methyl sites for hydroxylation is 1. The lowest BCUT2D eigenvalue weighted by molar-refractivity contribution is 1.10. The molecular formula is C15H12N4. The molecule has 2 N–H and O–H groups in total. The Bertz CT molecular complexity index is 791. The zero-order valence-corrected chi connectivity index (χ0v) is 10.5. The zero-order chi connectivity index (χ0) is 13.4. The second-order valence-electron chi connectivity index (χ2n) is 4.41. The van der Waals surface area contributed by atoms with E-state index in [-0.39, 0.29) is 0 Å². The molecule has 1 aromatic heterocycles. The SMILES string of the molecule is Cc1cccc2nc(N)n(-c3ccc(C#N)cc3)c12. The molecule has 2 aromatic carbocycles. The average molecular weight is 248 g/mol. The van der Waals surface area contributed by atoms with Crippen LogP contribution in [0.2, 0.25) is 0 Å². The van der Waals surface area contributed by atoms with Crippen molar-refractivity contribution >= 4 is 17.0 Å². The number of nitrogens with zero attached hydrogens (tertiary/aromatic N) is 3.